The summed E-state index contributed by atoms with van der Waals surface area (Å²) in [5.74, 6) is 0.797. The summed E-state index contributed by atoms with van der Waals surface area (Å²) in [5.41, 5.74) is 1.09. The number of para-hydroxylation sites is 1. The summed E-state index contributed by atoms with van der Waals surface area (Å²) in [6.45, 7) is 0.582. The third-order valence-electron chi connectivity index (χ3n) is 2.68. The van der Waals surface area contributed by atoms with Gasteiger partial charge in [-0.15, -0.1) is 24.0 Å². The Labute approximate surface area is 122 Å². The summed E-state index contributed by atoms with van der Waals surface area (Å²) < 4.78 is 5.27. The number of nitrogens with one attached hydrogen (secondary N) is 1. The molecule has 0 radical (unpaired) electrons. The molecule has 0 unspecified atom stereocenters. The molecule has 1 amide bonds. The average molecular weight is 293 g/mol. The maximum atomic E-state index is 11.8. The Kier molecular flexibility index (Phi) is 4.87. The van der Waals surface area contributed by atoms with Gasteiger partial charge < -0.3 is 10.1 Å². The number of rotatable bonds is 5. The summed E-state index contributed by atoms with van der Waals surface area (Å²) in [6.07, 6.45) is 0.745. The van der Waals surface area contributed by atoms with Crippen molar-refractivity contribution in [1.82, 2.24) is 5.32 Å². The molecule has 0 aliphatic rings. The molecular formula is C14H15NO2S2. The largest absolute Gasteiger partial charge is 0.496 e. The van der Waals surface area contributed by atoms with Gasteiger partial charge in [-0.3, -0.25) is 4.79 Å². The number of ether oxygens (including phenoxy) is 1. The molecule has 5 heteroatoms. The number of carbonyl (C=O) groups is 1. The molecular weight excluding hydrogens is 278 g/mol. The summed E-state index contributed by atoms with van der Waals surface area (Å²) in [6, 6.07) is 9.59. The van der Waals surface area contributed by atoms with Crippen LogP contribution in [0.3, 0.4) is 0 Å². The van der Waals surface area contributed by atoms with E-state index in [2.05, 4.69) is 17.9 Å². The van der Waals surface area contributed by atoms with Crippen LogP contribution in [0.2, 0.25) is 0 Å². The van der Waals surface area contributed by atoms with Crippen LogP contribution in [-0.4, -0.2) is 19.6 Å². The maximum absolute atomic E-state index is 11.8. The van der Waals surface area contributed by atoms with Gasteiger partial charge in [0.1, 0.15) is 5.75 Å². The summed E-state index contributed by atoms with van der Waals surface area (Å²) in [7, 11) is 1.65. The van der Waals surface area contributed by atoms with E-state index in [1.807, 2.05) is 29.6 Å². The van der Waals surface area contributed by atoms with E-state index < -0.39 is 0 Å². The molecule has 0 saturated heterocycles. The molecule has 0 bridgehead atoms. The Bertz CT molecular complexity index is 566. The fourth-order valence-corrected chi connectivity index (χ4v) is 2.82. The average Bonchev–Trinajstić information content (AvgIpc) is 2.86. The van der Waals surface area contributed by atoms with E-state index in [0.717, 1.165) is 22.6 Å². The Morgan fingerprint density at radius 2 is 2.21 bits per heavy atom. The van der Waals surface area contributed by atoms with Crippen molar-refractivity contribution in [3.8, 4) is 5.75 Å². The molecule has 2 aromatic rings. The van der Waals surface area contributed by atoms with Gasteiger partial charge in [-0.25, -0.2) is 0 Å². The molecule has 1 aromatic carbocycles. The van der Waals surface area contributed by atoms with E-state index in [-0.39, 0.29) is 5.91 Å². The highest BCUT2D eigenvalue weighted by Crippen LogP contribution is 2.18. The fraction of sp³-hybridized carbons (Fsp3) is 0.214. The van der Waals surface area contributed by atoms with Crippen LogP contribution in [-0.2, 0) is 6.42 Å². The van der Waals surface area contributed by atoms with Crippen LogP contribution in [0, 0.1) is 0 Å². The van der Waals surface area contributed by atoms with Gasteiger partial charge in [0, 0.05) is 16.8 Å². The minimum Gasteiger partial charge on any atom is -0.496 e. The molecule has 1 N–H and O–H groups in total. The first-order valence-electron chi connectivity index (χ1n) is 5.88. The topological polar surface area (TPSA) is 38.3 Å². The molecule has 0 saturated carbocycles. The Balaban J connectivity index is 1.88. The summed E-state index contributed by atoms with van der Waals surface area (Å²) in [5, 5.41) is 4.74. The van der Waals surface area contributed by atoms with Crippen LogP contribution in [0.1, 0.15) is 15.2 Å². The van der Waals surface area contributed by atoms with E-state index in [1.54, 1.807) is 13.2 Å². The van der Waals surface area contributed by atoms with Crippen molar-refractivity contribution in [1.29, 1.82) is 0 Å². The van der Waals surface area contributed by atoms with Crippen molar-refractivity contribution in [2.45, 2.75) is 11.3 Å². The Hall–Kier alpha value is -1.46. The quantitative estimate of drug-likeness (QED) is 0.832. The fourth-order valence-electron chi connectivity index (χ4n) is 1.75. The van der Waals surface area contributed by atoms with E-state index in [0.29, 0.717) is 11.4 Å². The van der Waals surface area contributed by atoms with Crippen LogP contribution < -0.4 is 10.1 Å². The van der Waals surface area contributed by atoms with E-state index in [4.69, 9.17) is 4.74 Å². The molecule has 3 nitrogen and oxygen atoms in total. The SMILES string of the molecule is COc1ccccc1CCNC(=O)c1cc(S)cs1. The highest BCUT2D eigenvalue weighted by atomic mass is 32.1. The molecule has 1 heterocycles. The third kappa shape index (κ3) is 3.75. The van der Waals surface area contributed by atoms with E-state index >= 15 is 0 Å². The molecule has 0 aliphatic carbocycles. The predicted octanol–water partition coefficient (Wildman–Crippen LogP) is 3.02. The van der Waals surface area contributed by atoms with Gasteiger partial charge in [-0.2, -0.15) is 0 Å². The lowest BCUT2D eigenvalue weighted by Crippen LogP contribution is -2.24. The number of carbonyl (C=O) groups excluding carboxylic acids is 1. The molecule has 2 rings (SSSR count). The van der Waals surface area contributed by atoms with Crippen LogP contribution >= 0.6 is 24.0 Å². The van der Waals surface area contributed by atoms with Crippen LogP contribution in [0.4, 0.5) is 0 Å². The molecule has 19 heavy (non-hydrogen) atoms. The number of thiol groups is 1. The van der Waals surface area contributed by atoms with Gasteiger partial charge in [0.05, 0.1) is 12.0 Å². The van der Waals surface area contributed by atoms with Gasteiger partial charge in [0.2, 0.25) is 0 Å². The lowest BCUT2D eigenvalue weighted by molar-refractivity contribution is 0.0958. The molecule has 1 aromatic heterocycles. The summed E-state index contributed by atoms with van der Waals surface area (Å²) >= 11 is 5.59. The second-order valence-corrected chi connectivity index (χ2v) is 5.41. The van der Waals surface area contributed by atoms with Gasteiger partial charge >= 0.3 is 0 Å². The van der Waals surface area contributed by atoms with Crippen molar-refractivity contribution in [2.24, 2.45) is 0 Å². The zero-order chi connectivity index (χ0) is 13.7. The summed E-state index contributed by atoms with van der Waals surface area (Å²) in [4.78, 5) is 13.3. The highest BCUT2D eigenvalue weighted by molar-refractivity contribution is 7.80. The maximum Gasteiger partial charge on any atom is 0.261 e. The lowest BCUT2D eigenvalue weighted by Gasteiger charge is -2.08. The highest BCUT2D eigenvalue weighted by Gasteiger charge is 2.08. The number of hydrogen-bond acceptors (Lipinski definition) is 4. The monoisotopic (exact) mass is 293 g/mol. The molecule has 0 atom stereocenters. The number of methoxy groups -OCH3 is 1. The first kappa shape index (κ1) is 14.0. The van der Waals surface area contributed by atoms with Crippen molar-refractivity contribution >= 4 is 29.9 Å². The minimum absolute atomic E-state index is 0.0554. The number of thiophene rings is 1. The Morgan fingerprint density at radius 3 is 2.89 bits per heavy atom. The number of amides is 1. The lowest BCUT2D eigenvalue weighted by atomic mass is 10.1. The molecule has 0 spiro atoms. The minimum atomic E-state index is -0.0554. The first-order chi connectivity index (χ1) is 9.20. The predicted molar refractivity (Wildman–Crippen MR) is 80.6 cm³/mol. The van der Waals surface area contributed by atoms with Crippen molar-refractivity contribution in [2.75, 3.05) is 13.7 Å². The third-order valence-corrected chi connectivity index (χ3v) is 4.04. The Morgan fingerprint density at radius 1 is 1.42 bits per heavy atom. The zero-order valence-electron chi connectivity index (χ0n) is 10.6. The van der Waals surface area contributed by atoms with Gasteiger partial charge in [0.25, 0.3) is 5.91 Å². The zero-order valence-corrected chi connectivity index (χ0v) is 12.3. The first-order valence-corrected chi connectivity index (χ1v) is 7.21. The normalized spacial score (nSPS) is 10.2. The van der Waals surface area contributed by atoms with E-state index in [9.17, 15) is 4.79 Å². The standard InChI is InChI=1S/C14H15NO2S2/c1-17-12-5-3-2-4-10(12)6-7-15-14(16)13-8-11(18)9-19-13/h2-5,8-9,18H,6-7H2,1H3,(H,15,16). The van der Waals surface area contributed by atoms with Gasteiger partial charge in [-0.1, -0.05) is 18.2 Å². The number of benzene rings is 1. The van der Waals surface area contributed by atoms with Crippen molar-refractivity contribution < 1.29 is 9.53 Å². The van der Waals surface area contributed by atoms with Gasteiger partial charge in [-0.05, 0) is 24.1 Å². The van der Waals surface area contributed by atoms with Crippen molar-refractivity contribution in [3.63, 3.8) is 0 Å². The van der Waals surface area contributed by atoms with Crippen LogP contribution in [0.25, 0.3) is 0 Å². The second-order valence-electron chi connectivity index (χ2n) is 3.99. The van der Waals surface area contributed by atoms with Crippen molar-refractivity contribution in [3.05, 3.63) is 46.2 Å². The van der Waals surface area contributed by atoms with Crippen LogP contribution in [0.15, 0.2) is 40.6 Å². The number of hydrogen-bond donors (Lipinski definition) is 2. The van der Waals surface area contributed by atoms with Gasteiger partial charge in [0.15, 0.2) is 0 Å². The van der Waals surface area contributed by atoms with E-state index in [1.165, 1.54) is 11.3 Å². The van der Waals surface area contributed by atoms with Crippen LogP contribution in [0.5, 0.6) is 5.75 Å². The smallest absolute Gasteiger partial charge is 0.261 e. The molecule has 0 fully saturated rings. The molecule has 100 valence electrons. The molecule has 0 aliphatic heterocycles. The second kappa shape index (κ2) is 6.63.